The third-order valence-corrected chi connectivity index (χ3v) is 5.69. The molecule has 5 atom stereocenters. The SMILES string of the molecule is CCOc1ccc(Cc2cc([C@@H]3O[C@H](CO)[C@@H](O)[C@H](O)[C@H]3O)ccc2Br)cc1. The monoisotopic (exact) mass is 452 g/mol. The summed E-state index contributed by atoms with van der Waals surface area (Å²) in [5.41, 5.74) is 2.75. The predicted octanol–water partition coefficient (Wildman–Crippen LogP) is 1.95. The van der Waals surface area contributed by atoms with Crippen LogP contribution >= 0.6 is 15.9 Å². The lowest BCUT2D eigenvalue weighted by Gasteiger charge is -2.40. The Morgan fingerprint density at radius 3 is 2.36 bits per heavy atom. The Hall–Kier alpha value is -1.48. The van der Waals surface area contributed by atoms with Crippen LogP contribution in [0, 0.1) is 0 Å². The van der Waals surface area contributed by atoms with E-state index >= 15 is 0 Å². The zero-order chi connectivity index (χ0) is 20.3. The maximum absolute atomic E-state index is 10.4. The number of hydrogen-bond acceptors (Lipinski definition) is 6. The molecule has 0 bridgehead atoms. The van der Waals surface area contributed by atoms with Crippen LogP contribution in [0.3, 0.4) is 0 Å². The van der Waals surface area contributed by atoms with Crippen molar-refractivity contribution in [3.63, 3.8) is 0 Å². The van der Waals surface area contributed by atoms with Crippen LogP contribution in [0.15, 0.2) is 46.9 Å². The molecule has 28 heavy (non-hydrogen) atoms. The van der Waals surface area contributed by atoms with Crippen molar-refractivity contribution in [2.75, 3.05) is 13.2 Å². The van der Waals surface area contributed by atoms with Crippen LogP contribution < -0.4 is 4.74 Å². The standard InChI is InChI=1S/C21H25BrO6/c1-2-27-15-6-3-12(4-7-15)9-14-10-13(5-8-16(14)22)21-20(26)19(25)18(24)17(11-23)28-21/h3-8,10,17-21,23-26H,2,9,11H2,1H3/t17-,18-,19+,20-,21+/m1/s1. The molecule has 0 saturated carbocycles. The summed E-state index contributed by atoms with van der Waals surface area (Å²) in [5.74, 6) is 0.820. The average molecular weight is 453 g/mol. The molecule has 1 saturated heterocycles. The second kappa shape index (κ2) is 9.35. The number of halogens is 1. The Balaban J connectivity index is 1.82. The molecule has 1 heterocycles. The summed E-state index contributed by atoms with van der Waals surface area (Å²) in [4.78, 5) is 0. The van der Waals surface area contributed by atoms with Gasteiger partial charge in [-0.3, -0.25) is 0 Å². The smallest absolute Gasteiger partial charge is 0.119 e. The molecule has 3 rings (SSSR count). The van der Waals surface area contributed by atoms with Crippen LogP contribution in [-0.4, -0.2) is 58.1 Å². The minimum Gasteiger partial charge on any atom is -0.494 e. The van der Waals surface area contributed by atoms with Crippen molar-refractivity contribution in [1.29, 1.82) is 0 Å². The van der Waals surface area contributed by atoms with Gasteiger partial charge in [0, 0.05) is 4.47 Å². The zero-order valence-electron chi connectivity index (χ0n) is 15.5. The van der Waals surface area contributed by atoms with Crippen molar-refractivity contribution < 1.29 is 29.9 Å². The van der Waals surface area contributed by atoms with Gasteiger partial charge in [-0.25, -0.2) is 0 Å². The second-order valence-electron chi connectivity index (χ2n) is 6.85. The first-order valence-corrected chi connectivity index (χ1v) is 10.0. The highest BCUT2D eigenvalue weighted by molar-refractivity contribution is 9.10. The molecule has 0 unspecified atom stereocenters. The summed E-state index contributed by atoms with van der Waals surface area (Å²) in [6.45, 7) is 2.11. The molecule has 2 aromatic carbocycles. The number of rotatable bonds is 6. The Kier molecular flexibility index (Phi) is 7.09. The predicted molar refractivity (Wildman–Crippen MR) is 107 cm³/mol. The molecule has 0 aliphatic carbocycles. The van der Waals surface area contributed by atoms with Crippen LogP contribution in [0.25, 0.3) is 0 Å². The van der Waals surface area contributed by atoms with Crippen molar-refractivity contribution in [3.8, 4) is 5.75 Å². The number of aliphatic hydroxyl groups excluding tert-OH is 4. The number of aliphatic hydroxyl groups is 4. The van der Waals surface area contributed by atoms with Crippen LogP contribution in [0.4, 0.5) is 0 Å². The van der Waals surface area contributed by atoms with E-state index in [1.165, 1.54) is 0 Å². The van der Waals surface area contributed by atoms with Crippen LogP contribution in [0.5, 0.6) is 5.75 Å². The van der Waals surface area contributed by atoms with Gasteiger partial charge in [-0.15, -0.1) is 0 Å². The molecule has 0 aromatic heterocycles. The lowest BCUT2D eigenvalue weighted by molar-refractivity contribution is -0.231. The number of ether oxygens (including phenoxy) is 2. The minimum absolute atomic E-state index is 0.447. The van der Waals surface area contributed by atoms with Crippen LogP contribution in [-0.2, 0) is 11.2 Å². The molecule has 0 radical (unpaired) electrons. The molecule has 1 fully saturated rings. The Bertz CT molecular complexity index is 779. The van der Waals surface area contributed by atoms with Gasteiger partial charge in [-0.1, -0.05) is 40.2 Å². The van der Waals surface area contributed by atoms with E-state index in [2.05, 4.69) is 15.9 Å². The quantitative estimate of drug-likeness (QED) is 0.534. The molecule has 0 amide bonds. The summed E-state index contributed by atoms with van der Waals surface area (Å²) in [7, 11) is 0. The third-order valence-electron chi connectivity index (χ3n) is 4.92. The van der Waals surface area contributed by atoms with Gasteiger partial charge >= 0.3 is 0 Å². The van der Waals surface area contributed by atoms with Gasteiger partial charge in [0.2, 0.25) is 0 Å². The molecule has 0 spiro atoms. The topological polar surface area (TPSA) is 99.4 Å². The summed E-state index contributed by atoms with van der Waals surface area (Å²) in [6.07, 6.45) is -5.18. The van der Waals surface area contributed by atoms with Gasteiger partial charge in [-0.2, -0.15) is 0 Å². The van der Waals surface area contributed by atoms with E-state index in [0.29, 0.717) is 18.6 Å². The van der Waals surface area contributed by atoms with Gasteiger partial charge in [-0.05, 0) is 48.2 Å². The number of hydrogen-bond donors (Lipinski definition) is 4. The summed E-state index contributed by atoms with van der Waals surface area (Å²) in [6, 6.07) is 13.4. The molecule has 7 heteroatoms. The summed E-state index contributed by atoms with van der Waals surface area (Å²) in [5, 5.41) is 39.8. The molecule has 1 aliphatic heterocycles. The van der Waals surface area contributed by atoms with E-state index in [0.717, 1.165) is 21.3 Å². The largest absolute Gasteiger partial charge is 0.494 e. The molecule has 6 nitrogen and oxygen atoms in total. The van der Waals surface area contributed by atoms with Crippen molar-refractivity contribution in [3.05, 3.63) is 63.6 Å². The van der Waals surface area contributed by atoms with E-state index in [1.54, 1.807) is 6.07 Å². The molecule has 152 valence electrons. The van der Waals surface area contributed by atoms with Crippen molar-refractivity contribution >= 4 is 15.9 Å². The van der Waals surface area contributed by atoms with E-state index in [4.69, 9.17) is 9.47 Å². The van der Waals surface area contributed by atoms with E-state index in [-0.39, 0.29) is 0 Å². The van der Waals surface area contributed by atoms with Crippen LogP contribution in [0.1, 0.15) is 29.7 Å². The van der Waals surface area contributed by atoms with Gasteiger partial charge in [0.1, 0.15) is 36.3 Å². The third kappa shape index (κ3) is 4.56. The summed E-state index contributed by atoms with van der Waals surface area (Å²) >= 11 is 3.56. The van der Waals surface area contributed by atoms with Gasteiger partial charge in [0.15, 0.2) is 0 Å². The lowest BCUT2D eigenvalue weighted by Crippen LogP contribution is -2.55. The van der Waals surface area contributed by atoms with Crippen molar-refractivity contribution in [2.24, 2.45) is 0 Å². The highest BCUT2D eigenvalue weighted by atomic mass is 79.9. The normalized spacial score (nSPS) is 27.6. The Labute approximate surface area is 172 Å². The molecule has 1 aliphatic rings. The molecule has 4 N–H and O–H groups in total. The van der Waals surface area contributed by atoms with Crippen LogP contribution in [0.2, 0.25) is 0 Å². The second-order valence-corrected chi connectivity index (χ2v) is 7.71. The fraction of sp³-hybridized carbons (Fsp3) is 0.429. The highest BCUT2D eigenvalue weighted by Crippen LogP contribution is 2.34. The Morgan fingerprint density at radius 2 is 1.71 bits per heavy atom. The first-order chi connectivity index (χ1) is 13.4. The van der Waals surface area contributed by atoms with E-state index < -0.39 is 37.1 Å². The number of benzene rings is 2. The van der Waals surface area contributed by atoms with Gasteiger partial charge in [0.05, 0.1) is 13.2 Å². The fourth-order valence-electron chi connectivity index (χ4n) is 3.37. The minimum atomic E-state index is -1.39. The van der Waals surface area contributed by atoms with E-state index in [1.807, 2.05) is 43.3 Å². The molecular weight excluding hydrogens is 428 g/mol. The fourth-order valence-corrected chi connectivity index (χ4v) is 3.76. The maximum Gasteiger partial charge on any atom is 0.119 e. The first kappa shape index (κ1) is 21.2. The lowest BCUT2D eigenvalue weighted by atomic mass is 9.90. The van der Waals surface area contributed by atoms with Crippen molar-refractivity contribution in [2.45, 2.75) is 43.9 Å². The average Bonchev–Trinajstić information content (AvgIpc) is 2.70. The molecular formula is C21H25BrO6. The van der Waals surface area contributed by atoms with Gasteiger partial charge < -0.3 is 29.9 Å². The maximum atomic E-state index is 10.4. The Morgan fingerprint density at radius 1 is 1.00 bits per heavy atom. The van der Waals surface area contributed by atoms with Gasteiger partial charge in [0.25, 0.3) is 0 Å². The van der Waals surface area contributed by atoms with E-state index in [9.17, 15) is 20.4 Å². The summed E-state index contributed by atoms with van der Waals surface area (Å²) < 4.78 is 12.0. The highest BCUT2D eigenvalue weighted by Gasteiger charge is 2.43. The van der Waals surface area contributed by atoms with Crippen molar-refractivity contribution in [1.82, 2.24) is 0 Å². The zero-order valence-corrected chi connectivity index (χ0v) is 17.1. The first-order valence-electron chi connectivity index (χ1n) is 9.25. The molecule has 2 aromatic rings.